The third-order valence-electron chi connectivity index (χ3n) is 5.45. The molecule has 10 nitrogen and oxygen atoms in total. The highest BCUT2D eigenvalue weighted by atomic mass is 16.6. The summed E-state index contributed by atoms with van der Waals surface area (Å²) in [5.41, 5.74) is 2.45. The van der Waals surface area contributed by atoms with Gasteiger partial charge in [0.05, 0.1) is 4.92 Å². The fraction of sp³-hybridized carbons (Fsp3) is 0.214. The minimum Gasteiger partial charge on any atom is -0.423 e. The highest BCUT2D eigenvalue weighted by Gasteiger charge is 2.13. The topological polar surface area (TPSA) is 142 Å². The Hall–Kier alpha value is -4.86. The molecule has 0 radical (unpaired) electrons. The van der Waals surface area contributed by atoms with Gasteiger partial charge in [0.15, 0.2) is 11.5 Å². The largest absolute Gasteiger partial charge is 0.423 e. The molecule has 10 heteroatoms. The predicted molar refractivity (Wildman–Crippen MR) is 138 cm³/mol. The van der Waals surface area contributed by atoms with Crippen molar-refractivity contribution in [2.45, 2.75) is 39.5 Å². The van der Waals surface area contributed by atoms with Crippen LogP contribution in [0.4, 0.5) is 11.4 Å². The molecule has 0 heterocycles. The molecule has 0 aliphatic rings. The number of nitro benzene ring substituents is 1. The highest BCUT2D eigenvalue weighted by molar-refractivity contribution is 6.04. The summed E-state index contributed by atoms with van der Waals surface area (Å²) in [4.78, 5) is 57.6. The first-order chi connectivity index (χ1) is 18.1. The van der Waals surface area contributed by atoms with Crippen LogP contribution in [0.3, 0.4) is 0 Å². The number of amides is 1. The Morgan fingerprint density at radius 1 is 0.763 bits per heavy atom. The van der Waals surface area contributed by atoms with Gasteiger partial charge in [-0.3, -0.25) is 29.3 Å². The maximum absolute atomic E-state index is 12.4. The zero-order valence-corrected chi connectivity index (χ0v) is 20.9. The average molecular weight is 519 g/mol. The van der Waals surface area contributed by atoms with Crippen LogP contribution in [0.5, 0.6) is 11.5 Å². The van der Waals surface area contributed by atoms with Gasteiger partial charge in [-0.2, -0.15) is 0 Å². The standard InChI is InChI=1S/C28H26N2O8/c1-18(31)37-26-16-7-21(17-27(26)38-19(2)32)6-15-25(33)14-5-20-3-10-23(11-4-20)29-28(34)22-8-12-24(13-9-22)30(35)36/h3-4,7-13,16-17H,5-6,14-15H2,1-2H3,(H,29,34). The lowest BCUT2D eigenvalue weighted by molar-refractivity contribution is -0.384. The molecule has 0 bridgehead atoms. The van der Waals surface area contributed by atoms with Crippen molar-refractivity contribution >= 4 is 35.0 Å². The Kier molecular flexibility index (Phi) is 9.42. The molecule has 0 saturated carbocycles. The maximum Gasteiger partial charge on any atom is 0.308 e. The zero-order valence-electron chi connectivity index (χ0n) is 20.9. The summed E-state index contributed by atoms with van der Waals surface area (Å²) in [7, 11) is 0. The van der Waals surface area contributed by atoms with Gasteiger partial charge >= 0.3 is 11.9 Å². The molecule has 0 atom stereocenters. The second kappa shape index (κ2) is 12.9. The van der Waals surface area contributed by atoms with Gasteiger partial charge in [0.1, 0.15) is 5.78 Å². The van der Waals surface area contributed by atoms with Crippen LogP contribution >= 0.6 is 0 Å². The number of non-ortho nitro benzene ring substituents is 1. The molecule has 38 heavy (non-hydrogen) atoms. The van der Waals surface area contributed by atoms with Crippen LogP contribution in [0.15, 0.2) is 66.7 Å². The van der Waals surface area contributed by atoms with Gasteiger partial charge < -0.3 is 14.8 Å². The summed E-state index contributed by atoms with van der Waals surface area (Å²) in [6.45, 7) is 2.49. The fourth-order valence-electron chi connectivity index (χ4n) is 3.57. The molecule has 0 unspecified atom stereocenters. The number of Topliss-reactive ketones (excluding diaryl/α,β-unsaturated/α-hetero) is 1. The molecule has 0 aromatic heterocycles. The molecular weight excluding hydrogens is 492 g/mol. The minimum atomic E-state index is -0.552. The van der Waals surface area contributed by atoms with Crippen LogP contribution in [0, 0.1) is 10.1 Å². The molecule has 0 spiro atoms. The number of rotatable bonds is 11. The quantitative estimate of drug-likeness (QED) is 0.165. The van der Waals surface area contributed by atoms with E-state index < -0.39 is 16.9 Å². The number of nitro groups is 1. The van der Waals surface area contributed by atoms with Crippen molar-refractivity contribution < 1.29 is 33.6 Å². The van der Waals surface area contributed by atoms with Gasteiger partial charge in [-0.05, 0) is 60.4 Å². The van der Waals surface area contributed by atoms with Crippen molar-refractivity contribution in [2.24, 2.45) is 0 Å². The molecule has 3 aromatic rings. The summed E-state index contributed by atoms with van der Waals surface area (Å²) in [5, 5.41) is 13.5. The molecule has 3 rings (SSSR count). The number of nitrogens with zero attached hydrogens (tertiary/aromatic N) is 1. The van der Waals surface area contributed by atoms with E-state index in [4.69, 9.17) is 9.47 Å². The molecular formula is C28H26N2O8. The second-order valence-corrected chi connectivity index (χ2v) is 8.46. The number of hydrogen-bond donors (Lipinski definition) is 1. The van der Waals surface area contributed by atoms with Crippen molar-refractivity contribution in [1.82, 2.24) is 0 Å². The van der Waals surface area contributed by atoms with E-state index in [1.165, 1.54) is 44.2 Å². The lowest BCUT2D eigenvalue weighted by Crippen LogP contribution is -2.11. The average Bonchev–Trinajstić information content (AvgIpc) is 2.87. The summed E-state index contributed by atoms with van der Waals surface area (Å²) in [5.74, 6) is -1.17. The second-order valence-electron chi connectivity index (χ2n) is 8.46. The lowest BCUT2D eigenvalue weighted by atomic mass is 10.0. The summed E-state index contributed by atoms with van der Waals surface area (Å²) in [6.07, 6.45) is 1.58. The van der Waals surface area contributed by atoms with E-state index in [2.05, 4.69) is 5.32 Å². The lowest BCUT2D eigenvalue weighted by Gasteiger charge is -2.10. The van der Waals surface area contributed by atoms with Gasteiger partial charge in [0.25, 0.3) is 11.6 Å². The summed E-state index contributed by atoms with van der Waals surface area (Å²) in [6, 6.07) is 17.2. The van der Waals surface area contributed by atoms with Gasteiger partial charge in [-0.25, -0.2) is 0 Å². The van der Waals surface area contributed by atoms with E-state index in [9.17, 15) is 29.3 Å². The van der Waals surface area contributed by atoms with Crippen LogP contribution in [0.2, 0.25) is 0 Å². The van der Waals surface area contributed by atoms with Gasteiger partial charge in [0.2, 0.25) is 0 Å². The molecule has 196 valence electrons. The number of carbonyl (C=O) groups excluding carboxylic acids is 4. The highest BCUT2D eigenvalue weighted by Crippen LogP contribution is 2.29. The Balaban J connectivity index is 1.49. The van der Waals surface area contributed by atoms with Gasteiger partial charge in [-0.15, -0.1) is 0 Å². The predicted octanol–water partition coefficient (Wildman–Crippen LogP) is 4.83. The number of ketones is 1. The van der Waals surface area contributed by atoms with Crippen LogP contribution in [0.25, 0.3) is 0 Å². The van der Waals surface area contributed by atoms with E-state index in [0.29, 0.717) is 30.5 Å². The normalized spacial score (nSPS) is 10.4. The molecule has 1 N–H and O–H groups in total. The van der Waals surface area contributed by atoms with Gasteiger partial charge in [0, 0.05) is 50.1 Å². The summed E-state index contributed by atoms with van der Waals surface area (Å²) < 4.78 is 10.2. The molecule has 0 aliphatic carbocycles. The number of ether oxygens (including phenoxy) is 2. The number of hydrogen-bond acceptors (Lipinski definition) is 8. The van der Waals surface area contributed by atoms with Crippen molar-refractivity contribution in [3.63, 3.8) is 0 Å². The Labute approximate surface area is 218 Å². The number of anilines is 1. The Bertz CT molecular complexity index is 1350. The monoisotopic (exact) mass is 518 g/mol. The minimum absolute atomic E-state index is 0.0543. The van der Waals surface area contributed by atoms with Crippen LogP contribution < -0.4 is 14.8 Å². The van der Waals surface area contributed by atoms with E-state index in [-0.39, 0.29) is 35.3 Å². The van der Waals surface area contributed by atoms with Crippen molar-refractivity contribution in [3.8, 4) is 11.5 Å². The fourth-order valence-corrected chi connectivity index (χ4v) is 3.57. The van der Waals surface area contributed by atoms with Crippen LogP contribution in [-0.2, 0) is 27.2 Å². The van der Waals surface area contributed by atoms with Crippen molar-refractivity contribution in [3.05, 3.63) is 93.5 Å². The smallest absolute Gasteiger partial charge is 0.308 e. The van der Waals surface area contributed by atoms with Crippen molar-refractivity contribution in [1.29, 1.82) is 0 Å². The first-order valence-corrected chi connectivity index (χ1v) is 11.8. The summed E-state index contributed by atoms with van der Waals surface area (Å²) >= 11 is 0. The molecule has 0 aliphatic heterocycles. The Morgan fingerprint density at radius 2 is 1.32 bits per heavy atom. The number of carbonyl (C=O) groups is 4. The van der Waals surface area contributed by atoms with E-state index in [1.807, 2.05) is 12.1 Å². The molecule has 0 saturated heterocycles. The number of aryl methyl sites for hydroxylation is 2. The van der Waals surface area contributed by atoms with Crippen LogP contribution in [-0.4, -0.2) is 28.6 Å². The maximum atomic E-state index is 12.4. The van der Waals surface area contributed by atoms with E-state index >= 15 is 0 Å². The third kappa shape index (κ3) is 8.37. The number of nitrogens with one attached hydrogen (secondary N) is 1. The van der Waals surface area contributed by atoms with Gasteiger partial charge in [-0.1, -0.05) is 18.2 Å². The van der Waals surface area contributed by atoms with Crippen molar-refractivity contribution in [2.75, 3.05) is 5.32 Å². The zero-order chi connectivity index (χ0) is 27.7. The Morgan fingerprint density at radius 3 is 1.89 bits per heavy atom. The van der Waals surface area contributed by atoms with E-state index in [0.717, 1.165) is 11.1 Å². The number of esters is 2. The first-order valence-electron chi connectivity index (χ1n) is 11.8. The van der Waals surface area contributed by atoms with E-state index in [1.54, 1.807) is 24.3 Å². The number of benzene rings is 3. The molecule has 3 aromatic carbocycles. The first kappa shape index (κ1) is 27.7. The molecule has 0 fully saturated rings. The SMILES string of the molecule is CC(=O)Oc1ccc(CCC(=O)CCc2ccc(NC(=O)c3ccc([N+](=O)[O-])cc3)cc2)cc1OC(C)=O. The molecule has 1 amide bonds. The van der Waals surface area contributed by atoms with Crippen LogP contribution in [0.1, 0.15) is 48.2 Å². The third-order valence-corrected chi connectivity index (χ3v) is 5.45.